The fourth-order valence-corrected chi connectivity index (χ4v) is 2.52. The molecule has 0 amide bonds. The number of anilines is 3. The molecule has 6 nitrogen and oxygen atoms in total. The third-order valence-corrected chi connectivity index (χ3v) is 3.72. The Bertz CT molecular complexity index is 829. The predicted octanol–water partition coefficient (Wildman–Crippen LogP) is 3.42. The second-order valence-electron chi connectivity index (χ2n) is 5.35. The summed E-state index contributed by atoms with van der Waals surface area (Å²) in [6.07, 6.45) is 0.543. The molecule has 0 aliphatic carbocycles. The second kappa shape index (κ2) is 8.41. The van der Waals surface area contributed by atoms with Crippen LogP contribution in [-0.2, 0) is 13.0 Å². The number of hydrogen-bond donors (Lipinski definition) is 3. The standard InChI is InChI=1S/C18H18ClN5O/c19-16-22-17(20-12-13-6-2-1-3-7-13)24-18(23-16)21-15-9-5-4-8-14(15)10-11-25/h1-9,25H,10-12H2,(H2,20,21,22,23,24). The van der Waals surface area contributed by atoms with Crippen molar-refractivity contribution in [3.63, 3.8) is 0 Å². The molecule has 128 valence electrons. The van der Waals surface area contributed by atoms with Crippen LogP contribution < -0.4 is 10.6 Å². The number of nitrogens with one attached hydrogen (secondary N) is 2. The molecule has 2 aromatic carbocycles. The number of aromatic nitrogens is 3. The second-order valence-corrected chi connectivity index (χ2v) is 5.68. The normalized spacial score (nSPS) is 10.5. The summed E-state index contributed by atoms with van der Waals surface area (Å²) >= 11 is 6.02. The highest BCUT2D eigenvalue weighted by Gasteiger charge is 2.08. The van der Waals surface area contributed by atoms with E-state index in [1.165, 1.54) is 0 Å². The van der Waals surface area contributed by atoms with Gasteiger partial charge in [-0.1, -0.05) is 48.5 Å². The van der Waals surface area contributed by atoms with E-state index in [0.717, 1.165) is 16.8 Å². The molecule has 3 N–H and O–H groups in total. The Hall–Kier alpha value is -2.70. The minimum Gasteiger partial charge on any atom is -0.396 e. The van der Waals surface area contributed by atoms with E-state index < -0.39 is 0 Å². The third kappa shape index (κ3) is 4.89. The molecular weight excluding hydrogens is 338 g/mol. The van der Waals surface area contributed by atoms with Gasteiger partial charge in [-0.2, -0.15) is 15.0 Å². The molecule has 0 saturated heterocycles. The van der Waals surface area contributed by atoms with Crippen LogP contribution in [0, 0.1) is 0 Å². The highest BCUT2D eigenvalue weighted by atomic mass is 35.5. The van der Waals surface area contributed by atoms with Gasteiger partial charge in [0.15, 0.2) is 0 Å². The molecular formula is C18H18ClN5O. The molecule has 0 aliphatic rings. The van der Waals surface area contributed by atoms with Crippen LogP contribution in [0.4, 0.5) is 17.6 Å². The van der Waals surface area contributed by atoms with E-state index in [4.69, 9.17) is 11.6 Å². The molecule has 0 spiro atoms. The number of hydrogen-bond acceptors (Lipinski definition) is 6. The summed E-state index contributed by atoms with van der Waals surface area (Å²) in [5.74, 6) is 0.743. The minimum atomic E-state index is 0.0700. The zero-order valence-corrected chi connectivity index (χ0v) is 14.2. The van der Waals surface area contributed by atoms with Crippen molar-refractivity contribution >= 4 is 29.2 Å². The Kier molecular flexibility index (Phi) is 5.77. The molecule has 0 unspecified atom stereocenters. The molecule has 3 aromatic rings. The van der Waals surface area contributed by atoms with Gasteiger partial charge in [-0.3, -0.25) is 0 Å². The lowest BCUT2D eigenvalue weighted by atomic mass is 10.1. The number of para-hydroxylation sites is 1. The number of aliphatic hydroxyl groups is 1. The van der Waals surface area contributed by atoms with Crippen molar-refractivity contribution in [1.29, 1.82) is 0 Å². The van der Waals surface area contributed by atoms with Gasteiger partial charge in [0.25, 0.3) is 0 Å². The Morgan fingerprint density at radius 3 is 2.40 bits per heavy atom. The predicted molar refractivity (Wildman–Crippen MR) is 99.1 cm³/mol. The molecule has 1 heterocycles. The SMILES string of the molecule is OCCc1ccccc1Nc1nc(Cl)nc(NCc2ccccc2)n1. The highest BCUT2D eigenvalue weighted by Crippen LogP contribution is 2.20. The van der Waals surface area contributed by atoms with Crippen LogP contribution in [-0.4, -0.2) is 26.7 Å². The summed E-state index contributed by atoms with van der Waals surface area (Å²) in [7, 11) is 0. The maximum Gasteiger partial charge on any atom is 0.233 e. The van der Waals surface area contributed by atoms with Crippen LogP contribution in [0.15, 0.2) is 54.6 Å². The summed E-state index contributed by atoms with van der Waals surface area (Å²) in [6.45, 7) is 0.655. The van der Waals surface area contributed by atoms with E-state index in [1.807, 2.05) is 54.6 Å². The Morgan fingerprint density at radius 2 is 1.60 bits per heavy atom. The maximum atomic E-state index is 9.18. The number of benzene rings is 2. The van der Waals surface area contributed by atoms with E-state index in [2.05, 4.69) is 25.6 Å². The molecule has 1 aromatic heterocycles. The monoisotopic (exact) mass is 355 g/mol. The van der Waals surface area contributed by atoms with Gasteiger partial charge in [-0.15, -0.1) is 0 Å². The highest BCUT2D eigenvalue weighted by molar-refractivity contribution is 6.28. The molecule has 0 radical (unpaired) electrons. The first kappa shape index (κ1) is 17.1. The zero-order chi connectivity index (χ0) is 17.5. The Morgan fingerprint density at radius 1 is 0.880 bits per heavy atom. The number of aliphatic hydroxyl groups excluding tert-OH is 1. The molecule has 3 rings (SSSR count). The molecule has 0 bridgehead atoms. The zero-order valence-electron chi connectivity index (χ0n) is 13.5. The lowest BCUT2D eigenvalue weighted by Gasteiger charge is -2.11. The van der Waals surface area contributed by atoms with E-state index in [1.54, 1.807) is 0 Å². The number of rotatable bonds is 7. The average Bonchev–Trinajstić information content (AvgIpc) is 2.62. The Balaban J connectivity index is 1.75. The van der Waals surface area contributed by atoms with Crippen LogP contribution in [0.2, 0.25) is 5.28 Å². The maximum absolute atomic E-state index is 9.18. The molecule has 0 saturated carbocycles. The smallest absolute Gasteiger partial charge is 0.233 e. The first-order valence-corrected chi connectivity index (χ1v) is 8.27. The van der Waals surface area contributed by atoms with Gasteiger partial charge in [0.2, 0.25) is 17.2 Å². The average molecular weight is 356 g/mol. The van der Waals surface area contributed by atoms with E-state index in [0.29, 0.717) is 24.9 Å². The van der Waals surface area contributed by atoms with Crippen LogP contribution in [0.5, 0.6) is 0 Å². The van der Waals surface area contributed by atoms with Crippen molar-refractivity contribution in [3.05, 3.63) is 71.0 Å². The molecule has 25 heavy (non-hydrogen) atoms. The van der Waals surface area contributed by atoms with Gasteiger partial charge in [-0.25, -0.2) is 0 Å². The van der Waals surface area contributed by atoms with Crippen molar-refractivity contribution in [2.75, 3.05) is 17.2 Å². The van der Waals surface area contributed by atoms with Crippen molar-refractivity contribution in [3.8, 4) is 0 Å². The summed E-state index contributed by atoms with van der Waals surface area (Å²) in [6, 6.07) is 17.6. The largest absolute Gasteiger partial charge is 0.396 e. The molecule has 0 fully saturated rings. The molecule has 7 heteroatoms. The van der Waals surface area contributed by atoms with Gasteiger partial charge in [-0.05, 0) is 35.2 Å². The van der Waals surface area contributed by atoms with Crippen LogP contribution in [0.25, 0.3) is 0 Å². The summed E-state index contributed by atoms with van der Waals surface area (Å²) < 4.78 is 0. The summed E-state index contributed by atoms with van der Waals surface area (Å²) in [5, 5.41) is 15.6. The van der Waals surface area contributed by atoms with Crippen molar-refractivity contribution in [1.82, 2.24) is 15.0 Å². The first-order chi connectivity index (χ1) is 12.2. The van der Waals surface area contributed by atoms with Crippen LogP contribution in [0.3, 0.4) is 0 Å². The summed E-state index contributed by atoms with van der Waals surface area (Å²) in [4.78, 5) is 12.6. The van der Waals surface area contributed by atoms with Crippen molar-refractivity contribution in [2.24, 2.45) is 0 Å². The van der Waals surface area contributed by atoms with Crippen molar-refractivity contribution < 1.29 is 5.11 Å². The van der Waals surface area contributed by atoms with Gasteiger partial charge in [0, 0.05) is 18.8 Å². The quantitative estimate of drug-likeness (QED) is 0.602. The topological polar surface area (TPSA) is 83.0 Å². The first-order valence-electron chi connectivity index (χ1n) is 7.90. The Labute approximate surface area is 150 Å². The summed E-state index contributed by atoms with van der Waals surface area (Å²) in [5.41, 5.74) is 2.91. The molecule has 0 aliphatic heterocycles. The third-order valence-electron chi connectivity index (χ3n) is 3.55. The van der Waals surface area contributed by atoms with Crippen molar-refractivity contribution in [2.45, 2.75) is 13.0 Å². The van der Waals surface area contributed by atoms with Gasteiger partial charge >= 0.3 is 0 Å². The van der Waals surface area contributed by atoms with E-state index in [9.17, 15) is 5.11 Å². The van der Waals surface area contributed by atoms with E-state index >= 15 is 0 Å². The van der Waals surface area contributed by atoms with Gasteiger partial charge < -0.3 is 15.7 Å². The number of halogens is 1. The number of nitrogens with zero attached hydrogens (tertiary/aromatic N) is 3. The minimum absolute atomic E-state index is 0.0700. The lowest BCUT2D eigenvalue weighted by Crippen LogP contribution is -2.08. The van der Waals surface area contributed by atoms with Crippen LogP contribution in [0.1, 0.15) is 11.1 Å². The van der Waals surface area contributed by atoms with Gasteiger partial charge in [0.1, 0.15) is 0 Å². The fourth-order valence-electron chi connectivity index (χ4n) is 2.36. The van der Waals surface area contributed by atoms with Crippen LogP contribution >= 0.6 is 11.6 Å². The fraction of sp³-hybridized carbons (Fsp3) is 0.167. The van der Waals surface area contributed by atoms with Gasteiger partial charge in [0.05, 0.1) is 0 Å². The lowest BCUT2D eigenvalue weighted by molar-refractivity contribution is 0.300. The van der Waals surface area contributed by atoms with E-state index in [-0.39, 0.29) is 11.9 Å². The molecule has 0 atom stereocenters.